The lowest BCUT2D eigenvalue weighted by Gasteiger charge is -2.27. The summed E-state index contributed by atoms with van der Waals surface area (Å²) < 4.78 is 5.43. The molecule has 22 heavy (non-hydrogen) atoms. The zero-order chi connectivity index (χ0) is 16.4. The van der Waals surface area contributed by atoms with Crippen LogP contribution in [0.3, 0.4) is 0 Å². The Morgan fingerprint density at radius 3 is 2.50 bits per heavy atom. The Kier molecular flexibility index (Phi) is 8.84. The highest BCUT2D eigenvalue weighted by Crippen LogP contribution is 2.21. The van der Waals surface area contributed by atoms with Crippen molar-refractivity contribution >= 4 is 5.96 Å². The van der Waals surface area contributed by atoms with Gasteiger partial charge in [0.05, 0.1) is 0 Å². The second kappa shape index (κ2) is 10.1. The number of guanidine groups is 1. The number of ether oxygens (including phenoxy) is 1. The summed E-state index contributed by atoms with van der Waals surface area (Å²) in [5, 5.41) is 3.49. The topological polar surface area (TPSA) is 36.9 Å². The summed E-state index contributed by atoms with van der Waals surface area (Å²) in [5.41, 5.74) is 0.447. The molecule has 0 aromatic carbocycles. The molecule has 1 N–H and O–H groups in total. The quantitative estimate of drug-likeness (QED) is 0.444. The van der Waals surface area contributed by atoms with Crippen molar-refractivity contribution in [1.29, 1.82) is 0 Å². The van der Waals surface area contributed by atoms with Gasteiger partial charge in [-0.15, -0.1) is 0 Å². The average Bonchev–Trinajstić information content (AvgIpc) is 2.48. The largest absolute Gasteiger partial charge is 0.381 e. The number of hydrogen-bond donors (Lipinski definition) is 1. The number of nitrogens with zero attached hydrogens (tertiary/aromatic N) is 2. The zero-order valence-corrected chi connectivity index (χ0v) is 15.5. The van der Waals surface area contributed by atoms with Crippen LogP contribution < -0.4 is 5.32 Å². The van der Waals surface area contributed by atoms with Gasteiger partial charge in [0, 0.05) is 40.4 Å². The predicted octanol–water partition coefficient (Wildman–Crippen LogP) is 3.53. The second-order valence-electron chi connectivity index (χ2n) is 7.76. The van der Waals surface area contributed by atoms with Gasteiger partial charge in [0.25, 0.3) is 0 Å². The standard InChI is InChI=1S/C18H37N3O/c1-18(2,3)11-6-7-12-20-17(19-4)21(5)13-8-16-9-14-22-15-10-16/h16H,6-15H2,1-5H3,(H,19,20). The van der Waals surface area contributed by atoms with E-state index in [9.17, 15) is 0 Å². The highest BCUT2D eigenvalue weighted by atomic mass is 16.5. The molecule has 0 spiro atoms. The van der Waals surface area contributed by atoms with Crippen molar-refractivity contribution in [2.45, 2.75) is 59.3 Å². The van der Waals surface area contributed by atoms with Gasteiger partial charge in [0.2, 0.25) is 0 Å². The Morgan fingerprint density at radius 1 is 1.23 bits per heavy atom. The first-order chi connectivity index (χ1) is 10.4. The Labute approximate surface area is 137 Å². The minimum atomic E-state index is 0.447. The highest BCUT2D eigenvalue weighted by molar-refractivity contribution is 5.79. The lowest BCUT2D eigenvalue weighted by atomic mass is 9.90. The van der Waals surface area contributed by atoms with Gasteiger partial charge in [-0.05, 0) is 43.4 Å². The molecular weight excluding hydrogens is 274 g/mol. The summed E-state index contributed by atoms with van der Waals surface area (Å²) in [6.07, 6.45) is 7.44. The Morgan fingerprint density at radius 2 is 1.91 bits per heavy atom. The molecule has 4 heteroatoms. The third-order valence-corrected chi connectivity index (χ3v) is 4.42. The van der Waals surface area contributed by atoms with Crippen molar-refractivity contribution in [2.24, 2.45) is 16.3 Å². The van der Waals surface area contributed by atoms with Crippen LogP contribution in [0.4, 0.5) is 0 Å². The number of rotatable bonds is 7. The molecule has 130 valence electrons. The molecule has 0 atom stereocenters. The van der Waals surface area contributed by atoms with E-state index in [1.807, 2.05) is 7.05 Å². The maximum absolute atomic E-state index is 5.43. The maximum Gasteiger partial charge on any atom is 0.193 e. The SMILES string of the molecule is CN=C(NCCCCC(C)(C)C)N(C)CCC1CCOCC1. The van der Waals surface area contributed by atoms with Gasteiger partial charge < -0.3 is 15.0 Å². The number of unbranched alkanes of at least 4 members (excludes halogenated alkanes) is 1. The van der Waals surface area contributed by atoms with E-state index in [4.69, 9.17) is 4.74 Å². The Hall–Kier alpha value is -0.770. The lowest BCUT2D eigenvalue weighted by molar-refractivity contribution is 0.0625. The average molecular weight is 312 g/mol. The van der Waals surface area contributed by atoms with Crippen LogP contribution in [0.15, 0.2) is 4.99 Å². The minimum Gasteiger partial charge on any atom is -0.381 e. The van der Waals surface area contributed by atoms with E-state index in [-0.39, 0.29) is 0 Å². The van der Waals surface area contributed by atoms with E-state index in [0.717, 1.165) is 38.2 Å². The fraction of sp³-hybridized carbons (Fsp3) is 0.944. The Bertz CT molecular complexity index is 317. The monoisotopic (exact) mass is 311 g/mol. The number of aliphatic imine (C=N–C) groups is 1. The second-order valence-corrected chi connectivity index (χ2v) is 7.76. The lowest BCUT2D eigenvalue weighted by Crippen LogP contribution is -2.40. The van der Waals surface area contributed by atoms with E-state index < -0.39 is 0 Å². The summed E-state index contributed by atoms with van der Waals surface area (Å²) in [7, 11) is 4.02. The van der Waals surface area contributed by atoms with E-state index >= 15 is 0 Å². The van der Waals surface area contributed by atoms with Crippen molar-refractivity contribution in [3.05, 3.63) is 0 Å². The van der Waals surface area contributed by atoms with Crippen LogP contribution in [0.25, 0.3) is 0 Å². The minimum absolute atomic E-state index is 0.447. The molecule has 0 unspecified atom stereocenters. The molecule has 0 bridgehead atoms. The van der Waals surface area contributed by atoms with Gasteiger partial charge in [0.15, 0.2) is 5.96 Å². The smallest absolute Gasteiger partial charge is 0.193 e. The van der Waals surface area contributed by atoms with Crippen LogP contribution in [-0.2, 0) is 4.74 Å². The van der Waals surface area contributed by atoms with E-state index in [2.05, 4.69) is 43.0 Å². The van der Waals surface area contributed by atoms with Gasteiger partial charge in [-0.2, -0.15) is 0 Å². The van der Waals surface area contributed by atoms with Gasteiger partial charge >= 0.3 is 0 Å². The molecule has 1 aliphatic rings. The molecule has 0 radical (unpaired) electrons. The summed E-state index contributed by atoms with van der Waals surface area (Å²) in [4.78, 5) is 6.67. The highest BCUT2D eigenvalue weighted by Gasteiger charge is 2.15. The van der Waals surface area contributed by atoms with Crippen molar-refractivity contribution in [3.8, 4) is 0 Å². The summed E-state index contributed by atoms with van der Waals surface area (Å²) in [5.74, 6) is 1.85. The van der Waals surface area contributed by atoms with Gasteiger partial charge in [-0.1, -0.05) is 27.2 Å². The molecule has 4 nitrogen and oxygen atoms in total. The molecule has 0 aliphatic carbocycles. The molecule has 1 fully saturated rings. The summed E-state index contributed by atoms with van der Waals surface area (Å²) in [6, 6.07) is 0. The molecule has 1 saturated heterocycles. The first-order valence-electron chi connectivity index (χ1n) is 8.92. The Balaban J connectivity index is 2.16. The van der Waals surface area contributed by atoms with Crippen LogP contribution in [0.1, 0.15) is 59.3 Å². The van der Waals surface area contributed by atoms with Crippen molar-refractivity contribution < 1.29 is 4.74 Å². The van der Waals surface area contributed by atoms with Gasteiger partial charge in [-0.25, -0.2) is 0 Å². The third kappa shape index (κ3) is 8.62. The third-order valence-electron chi connectivity index (χ3n) is 4.42. The van der Waals surface area contributed by atoms with E-state index in [0.29, 0.717) is 5.41 Å². The first kappa shape index (κ1) is 19.3. The normalized spacial score (nSPS) is 17.6. The number of nitrogens with one attached hydrogen (secondary N) is 1. The molecular formula is C18H37N3O. The zero-order valence-electron chi connectivity index (χ0n) is 15.5. The fourth-order valence-electron chi connectivity index (χ4n) is 2.88. The van der Waals surface area contributed by atoms with E-state index in [1.54, 1.807) is 0 Å². The molecule has 1 aliphatic heterocycles. The first-order valence-corrected chi connectivity index (χ1v) is 8.92. The summed E-state index contributed by atoms with van der Waals surface area (Å²) in [6.45, 7) is 10.9. The van der Waals surface area contributed by atoms with Gasteiger partial charge in [0.1, 0.15) is 0 Å². The molecule has 0 aromatic heterocycles. The van der Waals surface area contributed by atoms with Crippen LogP contribution in [-0.4, -0.2) is 51.3 Å². The van der Waals surface area contributed by atoms with Crippen LogP contribution in [0.5, 0.6) is 0 Å². The molecule has 1 rings (SSSR count). The van der Waals surface area contributed by atoms with Crippen LogP contribution >= 0.6 is 0 Å². The molecule has 0 aromatic rings. The van der Waals surface area contributed by atoms with Crippen LogP contribution in [0.2, 0.25) is 0 Å². The van der Waals surface area contributed by atoms with Crippen molar-refractivity contribution in [1.82, 2.24) is 10.2 Å². The molecule has 1 heterocycles. The summed E-state index contributed by atoms with van der Waals surface area (Å²) >= 11 is 0. The maximum atomic E-state index is 5.43. The van der Waals surface area contributed by atoms with E-state index in [1.165, 1.54) is 38.5 Å². The van der Waals surface area contributed by atoms with Crippen molar-refractivity contribution in [3.63, 3.8) is 0 Å². The fourth-order valence-corrected chi connectivity index (χ4v) is 2.88. The number of hydrogen-bond acceptors (Lipinski definition) is 2. The molecule has 0 amide bonds. The van der Waals surface area contributed by atoms with Gasteiger partial charge in [-0.3, -0.25) is 4.99 Å². The predicted molar refractivity (Wildman–Crippen MR) is 95.5 cm³/mol. The molecule has 0 saturated carbocycles. The van der Waals surface area contributed by atoms with Crippen molar-refractivity contribution in [2.75, 3.05) is 40.4 Å². The van der Waals surface area contributed by atoms with Crippen LogP contribution in [0, 0.1) is 11.3 Å².